The fourth-order valence-corrected chi connectivity index (χ4v) is 22.1. The van der Waals surface area contributed by atoms with Crippen LogP contribution in [0.5, 0.6) is 0 Å². The zero-order valence-corrected chi connectivity index (χ0v) is 92.4. The van der Waals surface area contributed by atoms with E-state index in [9.17, 15) is 0 Å². The summed E-state index contributed by atoms with van der Waals surface area (Å²) in [5.41, 5.74) is 39.9. The molecule has 0 atom stereocenters. The van der Waals surface area contributed by atoms with E-state index in [4.69, 9.17) is 4.98 Å². The van der Waals surface area contributed by atoms with Crippen molar-refractivity contribution in [2.24, 2.45) is 0 Å². The van der Waals surface area contributed by atoms with E-state index >= 15 is 0 Å². The van der Waals surface area contributed by atoms with Gasteiger partial charge in [-0.15, -0.1) is 164 Å². The van der Waals surface area contributed by atoms with Crippen LogP contribution in [0.3, 0.4) is 0 Å². The number of benzene rings is 10. The predicted octanol–water partition coefficient (Wildman–Crippen LogP) is 38.1. The van der Waals surface area contributed by atoms with E-state index in [1.165, 1.54) is 256 Å². The number of nitrogens with zero attached hydrogens (tertiary/aromatic N) is 6. The molecule has 2 aliphatic carbocycles. The van der Waals surface area contributed by atoms with E-state index in [2.05, 4.69) is 271 Å². The van der Waals surface area contributed by atoms with Crippen molar-refractivity contribution in [1.29, 1.82) is 0 Å². The third kappa shape index (κ3) is 29.6. The number of aromatic nitrogens is 6. The maximum Gasteiger partial charge on any atom is 3.00 e. The van der Waals surface area contributed by atoms with Gasteiger partial charge >= 0.3 is 40.2 Å². The fourth-order valence-electron chi connectivity index (χ4n) is 21.0. The molecule has 20 rings (SSSR count). The van der Waals surface area contributed by atoms with Crippen LogP contribution in [0.25, 0.3) is 123 Å². The van der Waals surface area contributed by atoms with Crippen LogP contribution in [0, 0.1) is 48.9 Å². The molecular formula is C136H138Ir2N6S2. The van der Waals surface area contributed by atoms with Gasteiger partial charge in [0.1, 0.15) is 0 Å². The third-order valence-electron chi connectivity index (χ3n) is 28.6. The van der Waals surface area contributed by atoms with Gasteiger partial charge in [-0.2, -0.15) is 12.1 Å². The van der Waals surface area contributed by atoms with Crippen molar-refractivity contribution in [3.63, 3.8) is 0 Å². The van der Waals surface area contributed by atoms with E-state index in [1.54, 1.807) is 69.7 Å². The molecule has 8 aromatic heterocycles. The van der Waals surface area contributed by atoms with E-state index in [1.807, 2.05) is 169 Å². The largest absolute Gasteiger partial charge is 3.00 e. The molecule has 0 radical (unpaired) electrons. The Bertz CT molecular complexity index is 6600. The first-order valence-electron chi connectivity index (χ1n) is 53.2. The fraction of sp³-hybridized carbons (Fsp3) is 0.279. The molecular weight excluding hydrogens is 2170 g/mol. The minimum absolute atomic E-state index is 0. The molecule has 0 unspecified atom stereocenters. The van der Waals surface area contributed by atoms with Gasteiger partial charge in [-0.3, -0.25) is 22.7 Å². The second kappa shape index (κ2) is 57.8. The molecule has 742 valence electrons. The first kappa shape index (κ1) is 109. The van der Waals surface area contributed by atoms with Crippen LogP contribution in [-0.4, -0.2) is 29.9 Å². The molecule has 10 aromatic carbocycles. The van der Waals surface area contributed by atoms with E-state index < -0.39 is 0 Å². The van der Waals surface area contributed by atoms with Crippen molar-refractivity contribution in [1.82, 2.24) is 29.9 Å². The van der Waals surface area contributed by atoms with Crippen molar-refractivity contribution in [3.05, 3.63) is 454 Å². The van der Waals surface area contributed by atoms with E-state index in [-0.39, 0.29) is 51.0 Å². The zero-order chi connectivity index (χ0) is 99.0. The smallest absolute Gasteiger partial charge is 0.305 e. The molecule has 2 aliphatic rings. The average molecular weight is 2310 g/mol. The third-order valence-corrected chi connectivity index (χ3v) is 29.8. The standard InChI is InChI=1S/C96H110N2.2C11H8N.2C9H6NS.2Ir/c1-7-11-15-19-23-29-57-95(58-30-24-20-16-12-8-2)89-64-72(6)38-52-85(89)87-55-50-80(70-91(87)95)84-53-47-77(67-82(84)66-74-41-45-76(46-42-74)94-36-28-34-62-98-94)78-48-54-86-88-56-49-79(83-51-37-71(5)63-81(83)65-73-39-43-75(44-40-73)93-35-27-33-61-97-93)69-92(88)96(90(86)68-78,59-31-25-21-17-13-9-3)60-32-26-22-18-14-10-4;2*1-2-6-10(7-3-1)11-8-4-5-9-12-11;2*1-2-5-10-9(3-1)8-4-6-11-7-8;;/h27-28,33-43,45,47-56,61-64,67-70H,7-26,29-32,57-60,65-66H2,1-6H3;2*1-6,8-9H;2*1-6H;;/q-2;4*-1;2*+3. The molecule has 0 amide bonds. The second-order valence-electron chi connectivity index (χ2n) is 38.9. The van der Waals surface area contributed by atoms with Crippen molar-refractivity contribution >= 4 is 22.7 Å². The molecule has 10 heteroatoms. The maximum atomic E-state index is 4.72. The Kier molecular flexibility index (Phi) is 43.3. The minimum atomic E-state index is -0.112. The summed E-state index contributed by atoms with van der Waals surface area (Å²) in [7, 11) is 0. The Morgan fingerprint density at radius 3 is 0.849 bits per heavy atom. The molecule has 146 heavy (non-hydrogen) atoms. The average Bonchev–Trinajstić information content (AvgIpc) is 1.56. The van der Waals surface area contributed by atoms with Gasteiger partial charge in [-0.05, 0) is 230 Å². The molecule has 0 saturated heterocycles. The first-order chi connectivity index (χ1) is 71.1. The normalized spacial score (nSPS) is 11.9. The molecule has 0 N–H and O–H groups in total. The Morgan fingerprint density at radius 2 is 0.527 bits per heavy atom. The molecule has 8 heterocycles. The van der Waals surface area contributed by atoms with Gasteiger partial charge in [0, 0.05) is 48.0 Å². The van der Waals surface area contributed by atoms with Crippen LogP contribution in [0.15, 0.2) is 363 Å². The van der Waals surface area contributed by atoms with Crippen LogP contribution in [-0.2, 0) is 63.9 Å². The number of aryl methyl sites for hydroxylation is 2. The molecule has 0 fully saturated rings. The Morgan fingerprint density at radius 1 is 0.240 bits per heavy atom. The van der Waals surface area contributed by atoms with Gasteiger partial charge in [-0.1, -0.05) is 367 Å². The van der Waals surface area contributed by atoms with Crippen LogP contribution < -0.4 is 0 Å². The van der Waals surface area contributed by atoms with Gasteiger partial charge in [0.2, 0.25) is 0 Å². The number of hydrogen-bond acceptors (Lipinski definition) is 8. The van der Waals surface area contributed by atoms with Crippen molar-refractivity contribution in [2.45, 2.75) is 245 Å². The minimum Gasteiger partial charge on any atom is -0.305 e. The summed E-state index contributed by atoms with van der Waals surface area (Å²) >= 11 is 3.14. The Balaban J connectivity index is 0.000000280. The molecule has 18 aromatic rings. The van der Waals surface area contributed by atoms with Gasteiger partial charge in [0.25, 0.3) is 0 Å². The zero-order valence-electron chi connectivity index (χ0n) is 86.0. The van der Waals surface area contributed by atoms with Crippen LogP contribution >= 0.6 is 22.7 Å². The molecule has 0 saturated carbocycles. The second-order valence-corrected chi connectivity index (χ2v) is 40.3. The summed E-state index contributed by atoms with van der Waals surface area (Å²) in [6.07, 6.45) is 48.5. The molecule has 0 aliphatic heterocycles. The summed E-state index contributed by atoms with van der Waals surface area (Å²) < 4.78 is 0. The molecule has 0 bridgehead atoms. The SMILES string of the molecule is CCCCCCCCC1(CCCCCCCC)c2cc(C)ccc2-c2ccc(-c3ccc(-c4ccc5c(c4)C(CCCCCCCC)(CCCCCCCC)c4cc(-c6ccc(C)cc6Cc6c[c-]c(-c7ccccn7)cc6)ccc4-5)cc3Cc3c[c-]c(-c4ccccn4)cc3)cc21.[Ir+3].[Ir+3].[c-]1ccccc1-c1ccccn1.[c-]1ccccc1-c1ccccn1.[c-]1sccc1-c1ccccn1.[c-]1sccc1-c1ccccn1. The van der Waals surface area contributed by atoms with Gasteiger partial charge in [-0.25, -0.2) is 0 Å². The Hall–Kier alpha value is -12.2. The summed E-state index contributed by atoms with van der Waals surface area (Å²) in [5, 5.41) is 10.3. The van der Waals surface area contributed by atoms with Gasteiger partial charge < -0.3 is 29.9 Å². The van der Waals surface area contributed by atoms with Crippen LogP contribution in [0.2, 0.25) is 0 Å². The van der Waals surface area contributed by atoms with Gasteiger partial charge in [0.05, 0.1) is 0 Å². The summed E-state index contributed by atoms with van der Waals surface area (Å²) in [4.78, 5) is 26.2. The first-order valence-corrected chi connectivity index (χ1v) is 55.0. The number of rotatable bonds is 41. The van der Waals surface area contributed by atoms with Crippen LogP contribution in [0.1, 0.15) is 263 Å². The van der Waals surface area contributed by atoms with Crippen molar-refractivity contribution < 1.29 is 40.2 Å². The number of thiophene rings is 2. The number of hydrogen-bond donors (Lipinski definition) is 0. The predicted molar refractivity (Wildman–Crippen MR) is 609 cm³/mol. The maximum absolute atomic E-state index is 4.72. The molecule has 6 nitrogen and oxygen atoms in total. The summed E-state index contributed by atoms with van der Waals surface area (Å²) in [6.45, 7) is 13.9. The van der Waals surface area contributed by atoms with E-state index in [0.29, 0.717) is 0 Å². The summed E-state index contributed by atoms with van der Waals surface area (Å²) in [5.74, 6) is 0. The molecule has 0 spiro atoms. The number of unbranched alkanes of at least 4 members (excludes halogenated alkanes) is 20. The van der Waals surface area contributed by atoms with Crippen molar-refractivity contribution in [2.75, 3.05) is 0 Å². The van der Waals surface area contributed by atoms with Crippen LogP contribution in [0.4, 0.5) is 0 Å². The topological polar surface area (TPSA) is 77.3 Å². The number of fused-ring (bicyclic) bond motifs is 6. The number of pyridine rings is 6. The van der Waals surface area contributed by atoms with Crippen molar-refractivity contribution in [3.8, 4) is 123 Å². The Labute approximate surface area is 907 Å². The van der Waals surface area contributed by atoms with E-state index in [0.717, 1.165) is 93.2 Å². The quantitative estimate of drug-likeness (QED) is 0.0281. The monoisotopic (exact) mass is 2300 g/mol. The summed E-state index contributed by atoms with van der Waals surface area (Å²) in [6, 6.07) is 128. The van der Waals surface area contributed by atoms with Gasteiger partial charge in [0.15, 0.2) is 0 Å².